The lowest BCUT2D eigenvalue weighted by atomic mass is 9.96. The Morgan fingerprint density at radius 2 is 1.89 bits per heavy atom. The van der Waals surface area contributed by atoms with Crippen molar-refractivity contribution >= 4 is 11.6 Å². The molecule has 1 aromatic rings. The summed E-state index contributed by atoms with van der Waals surface area (Å²) in [6.45, 7) is 4.98. The average molecular weight is 257 g/mol. The largest absolute Gasteiger partial charge is 0.396 e. The standard InChI is InChI=1S/C16H19NO2/c1-11-14-7-2-3-8-15(14)16(19)17(11)9-12-5-4-6-13(12)10-18/h2-3,7-8,12-13,18H,1,4-6,9-10H2. The van der Waals surface area contributed by atoms with Crippen molar-refractivity contribution in [3.8, 4) is 0 Å². The number of carbonyl (C=O) groups excluding carboxylic acids is 1. The van der Waals surface area contributed by atoms with Crippen molar-refractivity contribution in [1.82, 2.24) is 4.90 Å². The molecule has 1 fully saturated rings. The lowest BCUT2D eigenvalue weighted by molar-refractivity contribution is 0.0811. The molecule has 2 aliphatic rings. The van der Waals surface area contributed by atoms with E-state index in [-0.39, 0.29) is 12.5 Å². The third-order valence-electron chi connectivity index (χ3n) is 4.51. The van der Waals surface area contributed by atoms with Crippen LogP contribution in [0.25, 0.3) is 5.70 Å². The number of rotatable bonds is 3. The Balaban J connectivity index is 1.81. The summed E-state index contributed by atoms with van der Waals surface area (Å²) in [6.07, 6.45) is 3.32. The number of hydrogen-bond donors (Lipinski definition) is 1. The van der Waals surface area contributed by atoms with Gasteiger partial charge in [-0.25, -0.2) is 0 Å². The molecule has 0 saturated heterocycles. The van der Waals surface area contributed by atoms with Gasteiger partial charge in [-0.2, -0.15) is 0 Å². The van der Waals surface area contributed by atoms with E-state index in [1.165, 1.54) is 0 Å². The molecule has 0 bridgehead atoms. The summed E-state index contributed by atoms with van der Waals surface area (Å²) in [7, 11) is 0. The summed E-state index contributed by atoms with van der Waals surface area (Å²) in [5.74, 6) is 0.800. The van der Waals surface area contributed by atoms with Crippen LogP contribution >= 0.6 is 0 Å². The van der Waals surface area contributed by atoms with Gasteiger partial charge in [0.05, 0.1) is 0 Å². The molecule has 1 aliphatic carbocycles. The molecule has 1 amide bonds. The fourth-order valence-electron chi connectivity index (χ4n) is 3.36. The van der Waals surface area contributed by atoms with E-state index in [9.17, 15) is 9.90 Å². The third-order valence-corrected chi connectivity index (χ3v) is 4.51. The number of carbonyl (C=O) groups is 1. The fraction of sp³-hybridized carbons (Fsp3) is 0.438. The van der Waals surface area contributed by atoms with E-state index in [1.54, 1.807) is 4.90 Å². The van der Waals surface area contributed by atoms with Crippen molar-refractivity contribution in [3.63, 3.8) is 0 Å². The molecule has 1 aliphatic heterocycles. The van der Waals surface area contributed by atoms with E-state index in [0.717, 1.165) is 36.1 Å². The summed E-state index contributed by atoms with van der Waals surface area (Å²) in [5, 5.41) is 9.39. The van der Waals surface area contributed by atoms with Gasteiger partial charge in [-0.15, -0.1) is 0 Å². The van der Waals surface area contributed by atoms with Crippen molar-refractivity contribution in [2.75, 3.05) is 13.2 Å². The van der Waals surface area contributed by atoms with E-state index in [4.69, 9.17) is 0 Å². The Morgan fingerprint density at radius 1 is 1.21 bits per heavy atom. The van der Waals surface area contributed by atoms with Gasteiger partial charge in [0.2, 0.25) is 0 Å². The van der Waals surface area contributed by atoms with Gasteiger partial charge in [-0.3, -0.25) is 4.79 Å². The monoisotopic (exact) mass is 257 g/mol. The first-order valence-electron chi connectivity index (χ1n) is 6.93. The van der Waals surface area contributed by atoms with Gasteiger partial charge in [-0.05, 0) is 30.7 Å². The van der Waals surface area contributed by atoms with Crippen LogP contribution in [0.2, 0.25) is 0 Å². The van der Waals surface area contributed by atoms with Crippen LogP contribution in [0.1, 0.15) is 35.2 Å². The maximum Gasteiger partial charge on any atom is 0.258 e. The van der Waals surface area contributed by atoms with Gasteiger partial charge in [0.25, 0.3) is 5.91 Å². The normalized spacial score (nSPS) is 26.1. The average Bonchev–Trinajstić information content (AvgIpc) is 2.98. The van der Waals surface area contributed by atoms with Gasteiger partial charge in [0.1, 0.15) is 0 Å². The highest BCUT2D eigenvalue weighted by atomic mass is 16.3. The fourth-order valence-corrected chi connectivity index (χ4v) is 3.36. The van der Waals surface area contributed by atoms with E-state index < -0.39 is 0 Å². The van der Waals surface area contributed by atoms with Gasteiger partial charge in [-0.1, -0.05) is 31.2 Å². The molecule has 19 heavy (non-hydrogen) atoms. The summed E-state index contributed by atoms with van der Waals surface area (Å²) in [4.78, 5) is 14.2. The van der Waals surface area contributed by atoms with Crippen molar-refractivity contribution < 1.29 is 9.90 Å². The summed E-state index contributed by atoms with van der Waals surface area (Å²) in [5.41, 5.74) is 2.52. The minimum absolute atomic E-state index is 0.0594. The van der Waals surface area contributed by atoms with E-state index in [1.807, 2.05) is 24.3 Å². The van der Waals surface area contributed by atoms with Crippen LogP contribution in [-0.4, -0.2) is 29.1 Å². The maximum absolute atomic E-state index is 12.4. The molecule has 0 radical (unpaired) electrons. The van der Waals surface area contributed by atoms with Crippen LogP contribution in [0.15, 0.2) is 30.8 Å². The Bertz CT molecular complexity index is 488. The molecule has 3 heteroatoms. The molecule has 0 aromatic heterocycles. The molecule has 0 spiro atoms. The summed E-state index contributed by atoms with van der Waals surface area (Å²) < 4.78 is 0. The van der Waals surface area contributed by atoms with Crippen LogP contribution in [0, 0.1) is 11.8 Å². The van der Waals surface area contributed by atoms with Crippen LogP contribution in [0.3, 0.4) is 0 Å². The summed E-state index contributed by atoms with van der Waals surface area (Å²) >= 11 is 0. The lowest BCUT2D eigenvalue weighted by Crippen LogP contribution is -2.31. The molecule has 2 unspecified atom stereocenters. The Labute approximate surface area is 113 Å². The van der Waals surface area contributed by atoms with Crippen molar-refractivity contribution in [1.29, 1.82) is 0 Å². The molecule has 1 N–H and O–H groups in total. The highest BCUT2D eigenvalue weighted by Gasteiger charge is 2.35. The zero-order valence-corrected chi connectivity index (χ0v) is 11.0. The minimum atomic E-state index is 0.0594. The van der Waals surface area contributed by atoms with Crippen LogP contribution in [-0.2, 0) is 0 Å². The van der Waals surface area contributed by atoms with Gasteiger partial charge in [0, 0.05) is 30.0 Å². The quantitative estimate of drug-likeness (QED) is 0.904. The smallest absolute Gasteiger partial charge is 0.258 e. The van der Waals surface area contributed by atoms with Gasteiger partial charge < -0.3 is 10.0 Å². The molecular formula is C16H19NO2. The number of aliphatic hydroxyl groups is 1. The topological polar surface area (TPSA) is 40.5 Å². The molecule has 1 saturated carbocycles. The van der Waals surface area contributed by atoms with Crippen molar-refractivity contribution in [2.45, 2.75) is 19.3 Å². The zero-order valence-electron chi connectivity index (χ0n) is 11.0. The molecule has 1 aromatic carbocycles. The number of nitrogens with zero attached hydrogens (tertiary/aromatic N) is 1. The second-order valence-electron chi connectivity index (χ2n) is 5.54. The highest BCUT2D eigenvalue weighted by molar-refractivity contribution is 6.08. The lowest BCUT2D eigenvalue weighted by Gasteiger charge is -2.25. The maximum atomic E-state index is 12.4. The predicted octanol–water partition coefficient (Wildman–Crippen LogP) is 2.52. The van der Waals surface area contributed by atoms with E-state index in [2.05, 4.69) is 6.58 Å². The minimum Gasteiger partial charge on any atom is -0.396 e. The van der Waals surface area contributed by atoms with Crippen LogP contribution in [0.5, 0.6) is 0 Å². The zero-order chi connectivity index (χ0) is 13.4. The highest BCUT2D eigenvalue weighted by Crippen LogP contribution is 2.37. The molecule has 3 nitrogen and oxygen atoms in total. The van der Waals surface area contributed by atoms with E-state index >= 15 is 0 Å². The molecule has 2 atom stereocenters. The van der Waals surface area contributed by atoms with Crippen molar-refractivity contribution in [2.24, 2.45) is 11.8 Å². The Morgan fingerprint density at radius 3 is 2.58 bits per heavy atom. The van der Waals surface area contributed by atoms with Gasteiger partial charge in [0.15, 0.2) is 0 Å². The number of benzene rings is 1. The third kappa shape index (κ3) is 1.98. The SMILES string of the molecule is C=C1c2ccccc2C(=O)N1CC1CCCC1CO. The number of fused-ring (bicyclic) bond motifs is 1. The molecule has 100 valence electrons. The van der Waals surface area contributed by atoms with Gasteiger partial charge >= 0.3 is 0 Å². The first-order chi connectivity index (χ1) is 9.22. The second kappa shape index (κ2) is 4.82. The first kappa shape index (κ1) is 12.4. The second-order valence-corrected chi connectivity index (χ2v) is 5.54. The summed E-state index contributed by atoms with van der Waals surface area (Å²) in [6, 6.07) is 7.64. The predicted molar refractivity (Wildman–Crippen MR) is 74.4 cm³/mol. The number of hydrogen-bond acceptors (Lipinski definition) is 2. The van der Waals surface area contributed by atoms with E-state index in [0.29, 0.717) is 18.4 Å². The Kier molecular flexibility index (Phi) is 3.15. The van der Waals surface area contributed by atoms with Crippen LogP contribution < -0.4 is 0 Å². The number of aliphatic hydroxyl groups excluding tert-OH is 1. The first-order valence-corrected chi connectivity index (χ1v) is 6.93. The Hall–Kier alpha value is -1.61. The molecular weight excluding hydrogens is 238 g/mol. The molecule has 3 rings (SSSR count). The number of amides is 1. The van der Waals surface area contributed by atoms with Crippen LogP contribution in [0.4, 0.5) is 0 Å². The van der Waals surface area contributed by atoms with Crippen molar-refractivity contribution in [3.05, 3.63) is 42.0 Å². The molecule has 1 heterocycles.